The van der Waals surface area contributed by atoms with E-state index >= 15 is 8.78 Å². The Balaban J connectivity index is 1.59. The van der Waals surface area contributed by atoms with Crippen LogP contribution in [-0.2, 0) is 15.7 Å². The predicted octanol–water partition coefficient (Wildman–Crippen LogP) is 4.14. The summed E-state index contributed by atoms with van der Waals surface area (Å²) in [6.07, 6.45) is 2.22. The number of anilines is 1. The monoisotopic (exact) mass is 532 g/mol. The minimum Gasteiger partial charge on any atom is -0.477 e. The first-order valence-corrected chi connectivity index (χ1v) is 13.3. The van der Waals surface area contributed by atoms with Gasteiger partial charge in [-0.05, 0) is 49.9 Å². The molecule has 1 amide bonds. The number of para-hydroxylation sites is 1. The Hall–Kier alpha value is -3.51. The molecule has 1 spiro atoms. The van der Waals surface area contributed by atoms with E-state index in [1.54, 1.807) is 30.0 Å². The fourth-order valence-electron chi connectivity index (χ4n) is 5.53. The number of carboxylic acid groups (broad SMARTS) is 1. The lowest BCUT2D eigenvalue weighted by Gasteiger charge is -2.42. The van der Waals surface area contributed by atoms with Crippen LogP contribution in [0.3, 0.4) is 0 Å². The fourth-order valence-corrected chi connectivity index (χ4v) is 5.98. The number of hydrogen-bond donors (Lipinski definition) is 4. The molecule has 2 atom stereocenters. The van der Waals surface area contributed by atoms with Crippen molar-refractivity contribution in [1.29, 1.82) is 0 Å². The molecular weight excluding hydrogens is 506 g/mol. The smallest absolute Gasteiger partial charge is 0.411 e. The van der Waals surface area contributed by atoms with E-state index in [0.717, 1.165) is 12.1 Å². The van der Waals surface area contributed by atoms with Gasteiger partial charge in [-0.1, -0.05) is 18.2 Å². The highest BCUT2D eigenvalue weighted by Gasteiger charge is 2.54. The topological polar surface area (TPSA) is 138 Å². The molecule has 5 rings (SSSR count). The second kappa shape index (κ2) is 9.10. The average molecular weight is 533 g/mol. The number of H-pyrrole nitrogens is 1. The summed E-state index contributed by atoms with van der Waals surface area (Å²) in [5, 5.41) is 10.2. The second-order valence-electron chi connectivity index (χ2n) is 9.69. The maximum atomic E-state index is 15.2. The molecule has 9 nitrogen and oxygen atoms in total. The Morgan fingerprint density at radius 3 is 2.59 bits per heavy atom. The summed E-state index contributed by atoms with van der Waals surface area (Å²) < 4.78 is 49.9. The van der Waals surface area contributed by atoms with Gasteiger partial charge in [-0.3, -0.25) is 4.90 Å². The van der Waals surface area contributed by atoms with Crippen molar-refractivity contribution in [2.75, 3.05) is 24.1 Å². The number of nitrogens with two attached hydrogens (primary N) is 1. The van der Waals surface area contributed by atoms with E-state index in [2.05, 4.69) is 9.71 Å². The molecule has 2 fully saturated rings. The van der Waals surface area contributed by atoms with E-state index in [1.807, 2.05) is 0 Å². The van der Waals surface area contributed by atoms with Crippen LogP contribution in [-0.4, -0.2) is 56.2 Å². The van der Waals surface area contributed by atoms with Gasteiger partial charge in [-0.25, -0.2) is 22.6 Å². The van der Waals surface area contributed by atoms with E-state index in [0.29, 0.717) is 42.9 Å². The Kier molecular flexibility index (Phi) is 6.19. The summed E-state index contributed by atoms with van der Waals surface area (Å²) in [5.74, 6) is -3.12. The quantitative estimate of drug-likeness (QED) is 0.361. The maximum absolute atomic E-state index is 15.2. The van der Waals surface area contributed by atoms with Crippen LogP contribution in [0, 0.1) is 17.6 Å². The Morgan fingerprint density at radius 2 is 2.00 bits per heavy atom. The minimum atomic E-state index is -1.56. The molecule has 1 saturated carbocycles. The number of benzene rings is 2. The van der Waals surface area contributed by atoms with Crippen LogP contribution in [0.5, 0.6) is 0 Å². The molecule has 2 aliphatic rings. The van der Waals surface area contributed by atoms with E-state index in [1.165, 1.54) is 6.26 Å². The van der Waals surface area contributed by atoms with Gasteiger partial charge in [0.15, 0.2) is 0 Å². The van der Waals surface area contributed by atoms with Gasteiger partial charge in [-0.15, -0.1) is 0 Å². The lowest BCUT2D eigenvalue weighted by molar-refractivity contribution is -0.0439. The first kappa shape index (κ1) is 25.2. The van der Waals surface area contributed by atoms with Crippen molar-refractivity contribution in [3.05, 3.63) is 53.2 Å². The number of carbonyl (C=O) groups excluding carboxylic acids is 1. The van der Waals surface area contributed by atoms with Crippen LogP contribution in [0.4, 0.5) is 19.3 Å². The fraction of sp³-hybridized carbons (Fsp3) is 0.360. The third kappa shape index (κ3) is 4.23. The second-order valence-corrected chi connectivity index (χ2v) is 10.8. The molecule has 3 aromatic rings. The molecule has 1 aromatic heterocycles. The van der Waals surface area contributed by atoms with Crippen LogP contribution in [0.1, 0.15) is 41.9 Å². The molecule has 2 heterocycles. The van der Waals surface area contributed by atoms with Crippen LogP contribution in [0.25, 0.3) is 22.0 Å². The number of hydrogen-bond acceptors (Lipinski definition) is 5. The zero-order valence-corrected chi connectivity index (χ0v) is 21.0. The number of rotatable bonds is 7. The number of carboxylic acids is 1. The van der Waals surface area contributed by atoms with E-state index in [-0.39, 0.29) is 16.6 Å². The zero-order valence-electron chi connectivity index (χ0n) is 20.1. The van der Waals surface area contributed by atoms with Gasteiger partial charge in [-0.2, -0.15) is 0 Å². The number of aromatic nitrogens is 1. The molecular formula is C25H26F2N4O5S. The summed E-state index contributed by atoms with van der Waals surface area (Å²) in [6, 6.07) is 6.36. The van der Waals surface area contributed by atoms with Crippen LogP contribution in [0.15, 0.2) is 30.3 Å². The number of nitrogens with zero attached hydrogens (tertiary/aromatic N) is 1. The number of aromatic carboxylic acids is 1. The van der Waals surface area contributed by atoms with Gasteiger partial charge in [0.2, 0.25) is 0 Å². The number of ether oxygens (including phenoxy) is 1. The number of halogens is 2. The van der Waals surface area contributed by atoms with Gasteiger partial charge in [0.25, 0.3) is 0 Å². The van der Waals surface area contributed by atoms with Crippen LogP contribution < -0.4 is 10.5 Å². The third-order valence-electron chi connectivity index (χ3n) is 7.20. The lowest BCUT2D eigenvalue weighted by atomic mass is 9.71. The van der Waals surface area contributed by atoms with Gasteiger partial charge in [0, 0.05) is 17.2 Å². The molecule has 1 unspecified atom stereocenters. The molecule has 1 aliphatic heterocycles. The molecule has 2 aromatic carbocycles. The van der Waals surface area contributed by atoms with Crippen molar-refractivity contribution in [1.82, 2.24) is 9.88 Å². The standard InChI is InChI=1S/C25H26F2N4O5S/c1-12(31-11-25(36-24(31)34)8-13(9-25)10-28)15-4-3-5-16-19(22(23(32)33)29-21(15)16)20-17(26)6-14(7-18(20)27)30-37(2)35/h3-7,12-13,29-30H,8-11,28H2,1-2H3,(H,32,33)/t12-,13?,25?,37?/m0/s1. The highest BCUT2D eigenvalue weighted by molar-refractivity contribution is 7.85. The van der Waals surface area contributed by atoms with E-state index < -0.39 is 57.6 Å². The molecule has 1 aliphatic carbocycles. The molecule has 5 N–H and O–H groups in total. The zero-order chi connectivity index (χ0) is 26.6. The van der Waals surface area contributed by atoms with E-state index in [4.69, 9.17) is 10.5 Å². The third-order valence-corrected chi connectivity index (χ3v) is 7.73. The number of carbonyl (C=O) groups is 2. The van der Waals surface area contributed by atoms with Crippen molar-refractivity contribution in [2.45, 2.75) is 31.4 Å². The van der Waals surface area contributed by atoms with Gasteiger partial charge in [0.1, 0.15) is 33.9 Å². The molecule has 196 valence electrons. The number of fused-ring (bicyclic) bond motifs is 1. The van der Waals surface area contributed by atoms with Crippen molar-refractivity contribution in [3.63, 3.8) is 0 Å². The van der Waals surface area contributed by atoms with Gasteiger partial charge in [0.05, 0.1) is 29.4 Å². The first-order valence-electron chi connectivity index (χ1n) is 11.7. The predicted molar refractivity (Wildman–Crippen MR) is 134 cm³/mol. The Labute approximate surface area is 213 Å². The highest BCUT2D eigenvalue weighted by atomic mass is 32.2. The van der Waals surface area contributed by atoms with Gasteiger partial charge < -0.3 is 25.3 Å². The number of aromatic amines is 1. The molecule has 0 radical (unpaired) electrons. The average Bonchev–Trinajstić information content (AvgIpc) is 3.35. The summed E-state index contributed by atoms with van der Waals surface area (Å²) in [6.45, 7) is 2.69. The molecule has 0 bridgehead atoms. The number of nitrogens with one attached hydrogen (secondary N) is 2. The summed E-state index contributed by atoms with van der Waals surface area (Å²) in [4.78, 5) is 29.3. The highest BCUT2D eigenvalue weighted by Crippen LogP contribution is 2.47. The summed E-state index contributed by atoms with van der Waals surface area (Å²) in [5.41, 5.74) is 4.98. The normalized spacial score (nSPS) is 22.7. The molecule has 12 heteroatoms. The van der Waals surface area contributed by atoms with E-state index in [9.17, 15) is 18.9 Å². The summed E-state index contributed by atoms with van der Waals surface area (Å²) in [7, 11) is -1.56. The van der Waals surface area contributed by atoms with Crippen LogP contribution >= 0.6 is 0 Å². The SMILES string of the molecule is C[C@@H](c1cccc2c(-c3c(F)cc(NS(C)=O)cc3F)c(C(=O)O)[nH]c12)N1CC2(CC(CN)C2)OC1=O. The van der Waals surface area contributed by atoms with Crippen LogP contribution in [0.2, 0.25) is 0 Å². The number of amides is 1. The maximum Gasteiger partial charge on any atom is 0.411 e. The summed E-state index contributed by atoms with van der Waals surface area (Å²) >= 11 is 0. The lowest BCUT2D eigenvalue weighted by Crippen LogP contribution is -2.49. The Bertz CT molecular complexity index is 1430. The first-order chi connectivity index (χ1) is 17.5. The van der Waals surface area contributed by atoms with Crippen molar-refractivity contribution in [3.8, 4) is 11.1 Å². The molecule has 1 saturated heterocycles. The molecule has 37 heavy (non-hydrogen) atoms. The van der Waals surface area contributed by atoms with Gasteiger partial charge >= 0.3 is 12.1 Å². The largest absolute Gasteiger partial charge is 0.477 e. The Morgan fingerprint density at radius 1 is 1.32 bits per heavy atom. The minimum absolute atomic E-state index is 0.0417. The van der Waals surface area contributed by atoms with Crippen molar-refractivity contribution >= 4 is 39.6 Å². The van der Waals surface area contributed by atoms with Crippen molar-refractivity contribution in [2.24, 2.45) is 11.7 Å². The van der Waals surface area contributed by atoms with Crippen molar-refractivity contribution < 1.29 is 32.4 Å².